The minimum atomic E-state index is -3.00. The highest BCUT2D eigenvalue weighted by atomic mass is 79.9. The highest BCUT2D eigenvalue weighted by molar-refractivity contribution is 9.10. The van der Waals surface area contributed by atoms with Gasteiger partial charge in [-0.3, -0.25) is 5.10 Å². The van der Waals surface area contributed by atoms with Gasteiger partial charge in [0.1, 0.15) is 4.47 Å². The summed E-state index contributed by atoms with van der Waals surface area (Å²) in [6.07, 6.45) is 0. The van der Waals surface area contributed by atoms with Crippen LogP contribution >= 0.6 is 15.9 Å². The first-order chi connectivity index (χ1) is 7.06. The van der Waals surface area contributed by atoms with Gasteiger partial charge >= 0.3 is 12.6 Å². The Labute approximate surface area is 91.9 Å². The lowest BCUT2D eigenvalue weighted by atomic mass is 10.4. The van der Waals surface area contributed by atoms with Crippen LogP contribution in [-0.4, -0.2) is 29.4 Å². The summed E-state index contributed by atoms with van der Waals surface area (Å²) in [7, 11) is 0. The summed E-state index contributed by atoms with van der Waals surface area (Å²) in [6, 6.07) is 0. The topological polar surface area (TPSA) is 64.2 Å². The first kappa shape index (κ1) is 11.9. The fourth-order valence-corrected chi connectivity index (χ4v) is 1.25. The van der Waals surface area contributed by atoms with Crippen LogP contribution in [0.25, 0.3) is 0 Å². The standard InChI is InChI=1S/C7H7BrF2N2O3/c1-2-14-6(13)4-3(8)5(12-11-4)15-7(9)10/h7H,2H2,1H3,(H,11,12). The Balaban J connectivity index is 2.84. The Kier molecular flexibility index (Phi) is 4.01. The molecule has 0 atom stereocenters. The van der Waals surface area contributed by atoms with Gasteiger partial charge in [-0.2, -0.15) is 8.78 Å². The van der Waals surface area contributed by atoms with Crippen molar-refractivity contribution in [3.63, 3.8) is 0 Å². The number of hydrogen-bond acceptors (Lipinski definition) is 4. The monoisotopic (exact) mass is 284 g/mol. The number of H-pyrrole nitrogens is 1. The van der Waals surface area contributed by atoms with E-state index in [4.69, 9.17) is 0 Å². The SMILES string of the molecule is CCOC(=O)c1[nH]nc(OC(F)F)c1Br. The lowest BCUT2D eigenvalue weighted by Crippen LogP contribution is -2.06. The predicted molar refractivity (Wildman–Crippen MR) is 48.9 cm³/mol. The lowest BCUT2D eigenvalue weighted by molar-refractivity contribution is -0.0534. The second-order valence-corrected chi connectivity index (χ2v) is 3.11. The molecule has 0 aliphatic heterocycles. The summed E-state index contributed by atoms with van der Waals surface area (Å²) < 4.78 is 32.4. The number of halogens is 3. The van der Waals surface area contributed by atoms with E-state index in [1.165, 1.54) is 0 Å². The van der Waals surface area contributed by atoms with Gasteiger partial charge in [0.05, 0.1) is 6.61 Å². The molecule has 1 aromatic heterocycles. The Morgan fingerprint density at radius 3 is 2.87 bits per heavy atom. The lowest BCUT2D eigenvalue weighted by Gasteiger charge is -2.00. The average molecular weight is 285 g/mol. The van der Waals surface area contributed by atoms with Crippen molar-refractivity contribution in [2.45, 2.75) is 13.5 Å². The van der Waals surface area contributed by atoms with E-state index in [1.807, 2.05) is 0 Å². The minimum Gasteiger partial charge on any atom is -0.461 e. The molecule has 1 rings (SSSR count). The number of ether oxygens (including phenoxy) is 2. The maximum atomic E-state index is 11.8. The van der Waals surface area contributed by atoms with E-state index in [-0.39, 0.29) is 22.7 Å². The van der Waals surface area contributed by atoms with Gasteiger partial charge in [-0.05, 0) is 22.9 Å². The van der Waals surface area contributed by atoms with Gasteiger partial charge in [0.2, 0.25) is 0 Å². The average Bonchev–Trinajstić information content (AvgIpc) is 2.48. The van der Waals surface area contributed by atoms with Crippen molar-refractivity contribution >= 4 is 21.9 Å². The normalized spacial score (nSPS) is 10.5. The predicted octanol–water partition coefficient (Wildman–Crippen LogP) is 1.95. The number of carbonyl (C=O) groups is 1. The van der Waals surface area contributed by atoms with Gasteiger partial charge < -0.3 is 9.47 Å². The van der Waals surface area contributed by atoms with Gasteiger partial charge in [0.25, 0.3) is 5.88 Å². The Hall–Kier alpha value is -1.18. The van der Waals surface area contributed by atoms with Crippen molar-refractivity contribution < 1.29 is 23.0 Å². The van der Waals surface area contributed by atoms with Gasteiger partial charge in [0.15, 0.2) is 5.69 Å². The molecule has 0 saturated carbocycles. The summed E-state index contributed by atoms with van der Waals surface area (Å²) in [4.78, 5) is 11.2. The van der Waals surface area contributed by atoms with E-state index >= 15 is 0 Å². The zero-order valence-electron chi connectivity index (χ0n) is 7.59. The molecule has 1 N–H and O–H groups in total. The van der Waals surface area contributed by atoms with E-state index < -0.39 is 12.6 Å². The molecule has 8 heteroatoms. The van der Waals surface area contributed by atoms with Crippen molar-refractivity contribution in [3.05, 3.63) is 10.2 Å². The summed E-state index contributed by atoms with van der Waals surface area (Å²) in [5, 5.41) is 5.62. The molecule has 0 spiro atoms. The van der Waals surface area contributed by atoms with Crippen molar-refractivity contribution in [1.82, 2.24) is 10.2 Å². The quantitative estimate of drug-likeness (QED) is 0.859. The van der Waals surface area contributed by atoms with Crippen LogP contribution in [0.3, 0.4) is 0 Å². The number of esters is 1. The van der Waals surface area contributed by atoms with E-state index in [2.05, 4.69) is 35.6 Å². The molecule has 0 unspecified atom stereocenters. The second kappa shape index (κ2) is 5.06. The fraction of sp³-hybridized carbons (Fsp3) is 0.429. The molecule has 0 bridgehead atoms. The molecule has 15 heavy (non-hydrogen) atoms. The molecular weight excluding hydrogens is 278 g/mol. The molecule has 0 aliphatic carbocycles. The van der Waals surface area contributed by atoms with E-state index in [1.54, 1.807) is 6.92 Å². The van der Waals surface area contributed by atoms with Crippen LogP contribution in [0.1, 0.15) is 17.4 Å². The van der Waals surface area contributed by atoms with Crippen LogP contribution in [0.4, 0.5) is 8.78 Å². The molecule has 0 amide bonds. The van der Waals surface area contributed by atoms with Crippen LogP contribution in [0.5, 0.6) is 5.88 Å². The zero-order chi connectivity index (χ0) is 11.4. The number of aromatic nitrogens is 2. The third kappa shape index (κ3) is 2.88. The largest absolute Gasteiger partial charge is 0.461 e. The number of aromatic amines is 1. The molecule has 1 heterocycles. The Bertz CT molecular complexity index is 356. The van der Waals surface area contributed by atoms with Crippen LogP contribution < -0.4 is 4.74 Å². The van der Waals surface area contributed by atoms with Crippen LogP contribution in [0.2, 0.25) is 0 Å². The summed E-state index contributed by atoms with van der Waals surface area (Å²) >= 11 is 2.90. The molecule has 0 radical (unpaired) electrons. The zero-order valence-corrected chi connectivity index (χ0v) is 9.18. The minimum absolute atomic E-state index is 0.0150. The van der Waals surface area contributed by atoms with Gasteiger partial charge in [-0.1, -0.05) is 0 Å². The smallest absolute Gasteiger partial charge is 0.388 e. The van der Waals surface area contributed by atoms with E-state index in [9.17, 15) is 13.6 Å². The number of rotatable bonds is 4. The van der Waals surface area contributed by atoms with Crippen LogP contribution in [-0.2, 0) is 4.74 Å². The molecule has 0 aromatic carbocycles. The molecule has 84 valence electrons. The van der Waals surface area contributed by atoms with E-state index in [0.717, 1.165) is 0 Å². The molecular formula is C7H7BrF2N2O3. The van der Waals surface area contributed by atoms with Crippen molar-refractivity contribution in [3.8, 4) is 5.88 Å². The van der Waals surface area contributed by atoms with Gasteiger partial charge in [-0.25, -0.2) is 4.79 Å². The first-order valence-corrected chi connectivity index (χ1v) is 4.71. The molecule has 5 nitrogen and oxygen atoms in total. The van der Waals surface area contributed by atoms with Gasteiger partial charge in [0, 0.05) is 0 Å². The third-order valence-electron chi connectivity index (χ3n) is 1.36. The summed E-state index contributed by atoms with van der Waals surface area (Å²) in [5.41, 5.74) is -0.0625. The number of nitrogens with zero attached hydrogens (tertiary/aromatic N) is 1. The van der Waals surface area contributed by atoms with Gasteiger partial charge in [-0.15, -0.1) is 5.10 Å². The molecule has 1 aromatic rings. The number of hydrogen-bond donors (Lipinski definition) is 1. The highest BCUT2D eigenvalue weighted by Gasteiger charge is 2.21. The van der Waals surface area contributed by atoms with Crippen molar-refractivity contribution in [2.75, 3.05) is 6.61 Å². The van der Waals surface area contributed by atoms with E-state index in [0.29, 0.717) is 0 Å². The number of carbonyl (C=O) groups excluding carboxylic acids is 1. The third-order valence-corrected chi connectivity index (χ3v) is 2.09. The fourth-order valence-electron chi connectivity index (χ4n) is 0.813. The summed E-state index contributed by atoms with van der Waals surface area (Å²) in [5.74, 6) is -1.07. The maximum absolute atomic E-state index is 11.8. The second-order valence-electron chi connectivity index (χ2n) is 2.32. The molecule has 0 fully saturated rings. The highest BCUT2D eigenvalue weighted by Crippen LogP contribution is 2.27. The van der Waals surface area contributed by atoms with Crippen LogP contribution in [0.15, 0.2) is 4.47 Å². The van der Waals surface area contributed by atoms with Crippen molar-refractivity contribution in [2.24, 2.45) is 0 Å². The number of nitrogens with one attached hydrogen (secondary N) is 1. The first-order valence-electron chi connectivity index (χ1n) is 3.92. The Morgan fingerprint density at radius 1 is 1.67 bits per heavy atom. The van der Waals surface area contributed by atoms with Crippen LogP contribution in [0, 0.1) is 0 Å². The maximum Gasteiger partial charge on any atom is 0.388 e. The number of alkyl halides is 2. The molecule has 0 aliphatic rings. The molecule has 0 saturated heterocycles. The Morgan fingerprint density at radius 2 is 2.33 bits per heavy atom. The summed E-state index contributed by atoms with van der Waals surface area (Å²) in [6.45, 7) is -1.20. The van der Waals surface area contributed by atoms with Crippen molar-refractivity contribution in [1.29, 1.82) is 0 Å².